The van der Waals surface area contributed by atoms with Crippen LogP contribution in [-0.4, -0.2) is 71.2 Å². The first-order chi connectivity index (χ1) is 26.3. The van der Waals surface area contributed by atoms with Crippen molar-refractivity contribution in [1.82, 2.24) is 9.80 Å². The molecule has 302 valence electrons. The average Bonchev–Trinajstić information content (AvgIpc) is 3.70. The summed E-state index contributed by atoms with van der Waals surface area (Å²) in [5.74, 6) is 6.35. The van der Waals surface area contributed by atoms with Crippen molar-refractivity contribution in [2.75, 3.05) is 13.2 Å². The Kier molecular flexibility index (Phi) is 12.7. The highest BCUT2D eigenvalue weighted by Crippen LogP contribution is 2.56. The molecule has 0 aromatic heterocycles. The molecule has 2 aliphatic heterocycles. The van der Waals surface area contributed by atoms with Gasteiger partial charge in [0.05, 0.1) is 13.2 Å². The fourth-order valence-electron chi connectivity index (χ4n) is 15.0. The van der Waals surface area contributed by atoms with Gasteiger partial charge in [0.1, 0.15) is 0 Å². The summed E-state index contributed by atoms with van der Waals surface area (Å²) in [5.41, 5.74) is 1.03. The van der Waals surface area contributed by atoms with Crippen molar-refractivity contribution in [3.05, 3.63) is 24.3 Å². The van der Waals surface area contributed by atoms with Gasteiger partial charge in [-0.2, -0.15) is 0 Å². The molecule has 0 aromatic carbocycles. The maximum absolute atomic E-state index is 12.1. The van der Waals surface area contributed by atoms with Crippen LogP contribution in [0.5, 0.6) is 0 Å². The molecule has 2 heterocycles. The second-order valence-electron chi connectivity index (χ2n) is 20.3. The molecule has 14 unspecified atom stereocenters. The number of carbonyl (C=O) groups is 2. The Bertz CT molecular complexity index is 1350. The highest BCUT2D eigenvalue weighted by molar-refractivity contribution is 5.87. The van der Waals surface area contributed by atoms with Crippen LogP contribution in [0.3, 0.4) is 0 Å². The van der Waals surface area contributed by atoms with Crippen LogP contribution in [0.15, 0.2) is 24.3 Å². The molecule has 14 atom stereocenters. The molecular weight excluding hydrogens is 669 g/mol. The van der Waals surface area contributed by atoms with Crippen molar-refractivity contribution in [1.29, 1.82) is 0 Å². The second-order valence-corrected chi connectivity index (χ2v) is 20.3. The second kappa shape index (κ2) is 17.5. The quantitative estimate of drug-likeness (QED) is 0.155. The third-order valence-electron chi connectivity index (χ3n) is 17.2. The van der Waals surface area contributed by atoms with Crippen LogP contribution >= 0.6 is 0 Å². The lowest BCUT2D eigenvalue weighted by Gasteiger charge is -2.49. The number of carbonyl (C=O) groups excluding carboxylic acids is 2. The van der Waals surface area contributed by atoms with Gasteiger partial charge in [0.15, 0.2) is 0 Å². The number of esters is 2. The summed E-state index contributed by atoms with van der Waals surface area (Å²) in [4.78, 5) is 30.6. The van der Waals surface area contributed by atoms with Gasteiger partial charge < -0.3 is 9.47 Å². The molecule has 6 saturated carbocycles. The van der Waals surface area contributed by atoms with E-state index < -0.39 is 0 Å². The van der Waals surface area contributed by atoms with Crippen molar-refractivity contribution >= 4 is 11.9 Å². The van der Waals surface area contributed by atoms with Gasteiger partial charge in [-0.05, 0) is 164 Å². The molecular formula is C48H76N2O4. The Hall–Kier alpha value is -1.66. The summed E-state index contributed by atoms with van der Waals surface area (Å²) in [6, 6.07) is 4.79. The van der Waals surface area contributed by atoms with Crippen LogP contribution in [0.25, 0.3) is 0 Å². The molecule has 2 saturated heterocycles. The number of nitrogens with zero attached hydrogens (tertiary/aromatic N) is 2. The van der Waals surface area contributed by atoms with Crippen LogP contribution in [0.1, 0.15) is 168 Å². The van der Waals surface area contributed by atoms with Crippen molar-refractivity contribution in [3.8, 4) is 0 Å². The van der Waals surface area contributed by atoms with E-state index in [4.69, 9.17) is 9.47 Å². The highest BCUT2D eigenvalue weighted by Gasteiger charge is 2.55. The molecule has 8 rings (SSSR count). The Morgan fingerprint density at radius 3 is 1.52 bits per heavy atom. The maximum Gasteiger partial charge on any atom is 0.333 e. The molecule has 0 spiro atoms. The first-order valence-corrected chi connectivity index (χ1v) is 23.5. The van der Waals surface area contributed by atoms with E-state index in [1.54, 1.807) is 13.8 Å². The topological polar surface area (TPSA) is 59.1 Å². The summed E-state index contributed by atoms with van der Waals surface area (Å²) in [6.07, 6.45) is 33.2. The van der Waals surface area contributed by atoms with Gasteiger partial charge in [0.2, 0.25) is 0 Å². The molecule has 0 radical (unpaired) electrons. The average molecular weight is 745 g/mol. The molecule has 0 bridgehead atoms. The summed E-state index contributed by atoms with van der Waals surface area (Å²) in [5, 5.41) is 0. The number of likely N-dealkylation sites (tertiary alicyclic amines) is 2. The van der Waals surface area contributed by atoms with Crippen LogP contribution in [0.2, 0.25) is 0 Å². The molecule has 6 nitrogen and oxygen atoms in total. The zero-order chi connectivity index (χ0) is 37.3. The van der Waals surface area contributed by atoms with Crippen molar-refractivity contribution in [3.63, 3.8) is 0 Å². The van der Waals surface area contributed by atoms with Gasteiger partial charge in [-0.3, -0.25) is 9.80 Å². The molecule has 0 aromatic rings. The summed E-state index contributed by atoms with van der Waals surface area (Å²) in [7, 11) is 0. The van der Waals surface area contributed by atoms with Gasteiger partial charge in [-0.1, -0.05) is 64.5 Å². The van der Waals surface area contributed by atoms with Gasteiger partial charge in [0, 0.05) is 47.4 Å². The van der Waals surface area contributed by atoms with Gasteiger partial charge in [-0.25, -0.2) is 9.59 Å². The van der Waals surface area contributed by atoms with E-state index >= 15 is 0 Å². The fourth-order valence-corrected chi connectivity index (χ4v) is 15.0. The van der Waals surface area contributed by atoms with Crippen molar-refractivity contribution in [2.45, 2.75) is 204 Å². The molecule has 8 fully saturated rings. The summed E-state index contributed by atoms with van der Waals surface area (Å²) in [6.45, 7) is 12.2. The monoisotopic (exact) mass is 745 g/mol. The van der Waals surface area contributed by atoms with Crippen LogP contribution < -0.4 is 0 Å². The molecule has 6 aliphatic carbocycles. The molecule has 8 aliphatic rings. The van der Waals surface area contributed by atoms with Gasteiger partial charge in [-0.15, -0.1) is 0 Å². The van der Waals surface area contributed by atoms with E-state index in [1.807, 2.05) is 0 Å². The number of hydrogen-bond donors (Lipinski definition) is 0. The molecule has 0 amide bonds. The predicted molar refractivity (Wildman–Crippen MR) is 217 cm³/mol. The van der Waals surface area contributed by atoms with E-state index in [2.05, 4.69) is 23.0 Å². The Labute approximate surface area is 329 Å². The van der Waals surface area contributed by atoms with Crippen molar-refractivity contribution < 1.29 is 19.1 Å². The maximum atomic E-state index is 12.1. The Morgan fingerprint density at radius 1 is 0.481 bits per heavy atom. The smallest absolute Gasteiger partial charge is 0.333 e. The van der Waals surface area contributed by atoms with E-state index in [1.165, 1.54) is 141 Å². The van der Waals surface area contributed by atoms with E-state index in [0.717, 1.165) is 84.6 Å². The van der Waals surface area contributed by atoms with Crippen LogP contribution in [-0.2, 0) is 19.1 Å². The largest absolute Gasteiger partial charge is 0.462 e. The minimum atomic E-state index is -0.222. The minimum absolute atomic E-state index is 0.221. The number of fused-ring (bicyclic) bond motifs is 6. The zero-order valence-electron chi connectivity index (χ0n) is 34.4. The van der Waals surface area contributed by atoms with Crippen LogP contribution in [0, 0.1) is 47.3 Å². The minimum Gasteiger partial charge on any atom is -0.462 e. The molecule has 54 heavy (non-hydrogen) atoms. The standard InChI is InChI=1S/C48H76N2O4/c1-31(2)47(51)53-25-23-33-20-22-45-42(27-33)40-16-6-8-18-44(40)49(45)37-13-9-11-35(29-37)36-12-10-14-38(30-36)50-43-17-7-5-15-39(43)41-21-19-34(28-46(41)50)24-26-54-48(52)32(3)4/h33-46H,1,3,5-30H2,2,4H3. The number of rotatable bonds is 11. The highest BCUT2D eigenvalue weighted by atomic mass is 16.5. The van der Waals surface area contributed by atoms with Gasteiger partial charge in [0.25, 0.3) is 0 Å². The van der Waals surface area contributed by atoms with E-state index in [-0.39, 0.29) is 11.9 Å². The molecule has 0 N–H and O–H groups in total. The molecule has 6 heteroatoms. The lowest BCUT2D eigenvalue weighted by Crippen LogP contribution is -2.51. The first-order valence-electron chi connectivity index (χ1n) is 23.5. The third-order valence-corrected chi connectivity index (χ3v) is 17.2. The fraction of sp³-hybridized carbons (Fsp3) is 0.875. The van der Waals surface area contributed by atoms with E-state index in [9.17, 15) is 9.59 Å². The number of hydrogen-bond acceptors (Lipinski definition) is 6. The van der Waals surface area contributed by atoms with Crippen LogP contribution in [0.4, 0.5) is 0 Å². The van der Waals surface area contributed by atoms with Gasteiger partial charge >= 0.3 is 11.9 Å². The predicted octanol–water partition coefficient (Wildman–Crippen LogP) is 10.4. The lowest BCUT2D eigenvalue weighted by molar-refractivity contribution is -0.140. The van der Waals surface area contributed by atoms with Crippen molar-refractivity contribution in [2.24, 2.45) is 47.3 Å². The SMILES string of the molecule is C=C(C)C(=O)OCCC1CCC2C(C1)C1CCCCC1N2C1CCCC(C2CCCC(N3C4CCCCC4C4CCC(CCOC(=O)C(=C)C)CC43)C2)C1. The third kappa shape index (κ3) is 8.19. The normalized spacial score (nSPS) is 42.6. The Balaban J connectivity index is 0.911. The number of ether oxygens (including phenoxy) is 2. The Morgan fingerprint density at radius 2 is 0.944 bits per heavy atom. The summed E-state index contributed by atoms with van der Waals surface area (Å²) < 4.78 is 11.2. The van der Waals surface area contributed by atoms with E-state index in [0.29, 0.717) is 36.2 Å². The summed E-state index contributed by atoms with van der Waals surface area (Å²) >= 11 is 0. The first kappa shape index (κ1) is 39.2. The lowest BCUT2D eigenvalue weighted by atomic mass is 9.69. The zero-order valence-corrected chi connectivity index (χ0v) is 34.4.